The number of nitrogens with zero attached hydrogens (tertiary/aromatic N) is 1. The minimum atomic E-state index is -0.242. The van der Waals surface area contributed by atoms with Gasteiger partial charge >= 0.3 is 5.97 Å². The minimum Gasteiger partial charge on any atom is -0.466 e. The van der Waals surface area contributed by atoms with Gasteiger partial charge in [-0.15, -0.1) is 11.3 Å². The number of anilines is 2. The summed E-state index contributed by atoms with van der Waals surface area (Å²) in [7, 11) is 0. The number of benzene rings is 1. The van der Waals surface area contributed by atoms with Gasteiger partial charge in [-0.1, -0.05) is 18.2 Å². The number of carbonyl (C=O) groups is 1. The Hall–Kier alpha value is -1.88. The third-order valence-corrected chi connectivity index (χ3v) is 3.01. The number of esters is 1. The second-order valence-electron chi connectivity index (χ2n) is 3.62. The van der Waals surface area contributed by atoms with Crippen LogP contribution in [-0.2, 0) is 16.0 Å². The van der Waals surface area contributed by atoms with Gasteiger partial charge in [0.05, 0.1) is 18.7 Å². The minimum absolute atomic E-state index is 0.223. The van der Waals surface area contributed by atoms with Crippen molar-refractivity contribution in [3.63, 3.8) is 0 Å². The molecular formula is C13H14N2O2S. The monoisotopic (exact) mass is 262 g/mol. The molecule has 0 aliphatic carbocycles. The predicted molar refractivity (Wildman–Crippen MR) is 72.2 cm³/mol. The molecule has 0 saturated heterocycles. The third-order valence-electron chi connectivity index (χ3n) is 2.21. The molecule has 1 N–H and O–H groups in total. The Bertz CT molecular complexity index is 511. The average Bonchev–Trinajstić information content (AvgIpc) is 2.78. The van der Waals surface area contributed by atoms with Crippen LogP contribution in [0.5, 0.6) is 0 Å². The predicted octanol–water partition coefficient (Wildman–Crippen LogP) is 2.99. The number of hydrogen-bond acceptors (Lipinski definition) is 5. The summed E-state index contributed by atoms with van der Waals surface area (Å²) in [4.78, 5) is 15.6. The zero-order chi connectivity index (χ0) is 12.8. The maximum Gasteiger partial charge on any atom is 0.311 e. The summed E-state index contributed by atoms with van der Waals surface area (Å²) in [5.74, 6) is -0.242. The van der Waals surface area contributed by atoms with E-state index in [9.17, 15) is 4.79 Å². The summed E-state index contributed by atoms with van der Waals surface area (Å²) in [5.41, 5.74) is 1.71. The van der Waals surface area contributed by atoms with Crippen LogP contribution in [0, 0.1) is 0 Å². The van der Waals surface area contributed by atoms with E-state index in [1.807, 2.05) is 35.7 Å². The fourth-order valence-corrected chi connectivity index (χ4v) is 2.18. The molecule has 0 unspecified atom stereocenters. The standard InChI is InChI=1S/C13H14N2O2S/c1-2-17-12(16)8-11-9-18-13(15-11)14-10-6-4-3-5-7-10/h3-7,9H,2,8H2,1H3,(H,14,15). The molecule has 0 bridgehead atoms. The van der Waals surface area contributed by atoms with Gasteiger partial charge in [0.15, 0.2) is 5.13 Å². The second-order valence-corrected chi connectivity index (χ2v) is 4.47. The smallest absolute Gasteiger partial charge is 0.311 e. The quantitative estimate of drug-likeness (QED) is 0.842. The Morgan fingerprint density at radius 1 is 1.39 bits per heavy atom. The molecule has 0 saturated carbocycles. The summed E-state index contributed by atoms with van der Waals surface area (Å²) < 4.78 is 4.88. The topological polar surface area (TPSA) is 51.2 Å². The average molecular weight is 262 g/mol. The van der Waals surface area contributed by atoms with Crippen molar-refractivity contribution in [3.05, 3.63) is 41.4 Å². The van der Waals surface area contributed by atoms with Crippen molar-refractivity contribution in [2.45, 2.75) is 13.3 Å². The van der Waals surface area contributed by atoms with Crippen LogP contribution in [0.25, 0.3) is 0 Å². The molecule has 1 aromatic carbocycles. The molecule has 1 heterocycles. The summed E-state index contributed by atoms with van der Waals surface area (Å²) in [5, 5.41) is 5.83. The van der Waals surface area contributed by atoms with Gasteiger partial charge in [-0.3, -0.25) is 4.79 Å². The first-order chi connectivity index (χ1) is 8.78. The number of para-hydroxylation sites is 1. The number of hydrogen-bond donors (Lipinski definition) is 1. The first kappa shape index (κ1) is 12.6. The van der Waals surface area contributed by atoms with Crippen LogP contribution in [0.2, 0.25) is 0 Å². The molecule has 94 valence electrons. The van der Waals surface area contributed by atoms with Gasteiger partial charge < -0.3 is 10.1 Å². The Morgan fingerprint density at radius 2 is 2.17 bits per heavy atom. The first-order valence-electron chi connectivity index (χ1n) is 5.70. The summed E-state index contributed by atoms with van der Waals surface area (Å²) >= 11 is 1.47. The third kappa shape index (κ3) is 3.56. The lowest BCUT2D eigenvalue weighted by Crippen LogP contribution is -2.07. The van der Waals surface area contributed by atoms with Crippen molar-refractivity contribution in [3.8, 4) is 0 Å². The number of aromatic nitrogens is 1. The molecule has 0 aliphatic heterocycles. The van der Waals surface area contributed by atoms with Crippen LogP contribution in [-0.4, -0.2) is 17.6 Å². The van der Waals surface area contributed by atoms with E-state index in [2.05, 4.69) is 10.3 Å². The van der Waals surface area contributed by atoms with E-state index in [0.717, 1.165) is 16.5 Å². The molecule has 0 spiro atoms. The number of ether oxygens (including phenoxy) is 1. The summed E-state index contributed by atoms with van der Waals surface area (Å²) in [6, 6.07) is 9.79. The lowest BCUT2D eigenvalue weighted by Gasteiger charge is -2.01. The van der Waals surface area contributed by atoms with E-state index in [1.165, 1.54) is 11.3 Å². The van der Waals surface area contributed by atoms with Gasteiger partial charge in [0.2, 0.25) is 0 Å². The van der Waals surface area contributed by atoms with Gasteiger partial charge in [-0.25, -0.2) is 4.98 Å². The Labute approximate surface area is 110 Å². The van der Waals surface area contributed by atoms with Gasteiger partial charge in [-0.2, -0.15) is 0 Å². The number of nitrogens with one attached hydrogen (secondary N) is 1. The van der Waals surface area contributed by atoms with Crippen molar-refractivity contribution in [2.24, 2.45) is 0 Å². The fraction of sp³-hybridized carbons (Fsp3) is 0.231. The van der Waals surface area contributed by atoms with Crippen molar-refractivity contribution in [1.82, 2.24) is 4.98 Å². The van der Waals surface area contributed by atoms with E-state index >= 15 is 0 Å². The van der Waals surface area contributed by atoms with Crippen LogP contribution in [0.1, 0.15) is 12.6 Å². The van der Waals surface area contributed by atoms with Crippen molar-refractivity contribution in [1.29, 1.82) is 0 Å². The van der Waals surface area contributed by atoms with Gasteiger partial charge in [0.25, 0.3) is 0 Å². The van der Waals surface area contributed by atoms with E-state index in [0.29, 0.717) is 6.61 Å². The van der Waals surface area contributed by atoms with Crippen LogP contribution >= 0.6 is 11.3 Å². The molecule has 2 aromatic rings. The van der Waals surface area contributed by atoms with Gasteiger partial charge in [0.1, 0.15) is 0 Å². The Balaban J connectivity index is 1.96. The summed E-state index contributed by atoms with van der Waals surface area (Å²) in [6.07, 6.45) is 0.223. The van der Waals surface area contributed by atoms with E-state index in [4.69, 9.17) is 4.74 Å². The van der Waals surface area contributed by atoms with Crippen molar-refractivity contribution < 1.29 is 9.53 Å². The van der Waals surface area contributed by atoms with Crippen molar-refractivity contribution in [2.75, 3.05) is 11.9 Å². The van der Waals surface area contributed by atoms with Crippen LogP contribution in [0.3, 0.4) is 0 Å². The normalized spacial score (nSPS) is 10.1. The number of thiazole rings is 1. The molecule has 18 heavy (non-hydrogen) atoms. The largest absolute Gasteiger partial charge is 0.466 e. The van der Waals surface area contributed by atoms with E-state index < -0.39 is 0 Å². The van der Waals surface area contributed by atoms with Crippen LogP contribution < -0.4 is 5.32 Å². The lowest BCUT2D eigenvalue weighted by atomic mass is 10.3. The van der Waals surface area contributed by atoms with E-state index in [1.54, 1.807) is 6.92 Å². The molecular weight excluding hydrogens is 248 g/mol. The molecule has 2 rings (SSSR count). The number of carbonyl (C=O) groups excluding carboxylic acids is 1. The highest BCUT2D eigenvalue weighted by Crippen LogP contribution is 2.20. The molecule has 0 fully saturated rings. The fourth-order valence-electron chi connectivity index (χ4n) is 1.45. The van der Waals surface area contributed by atoms with E-state index in [-0.39, 0.29) is 12.4 Å². The molecule has 0 atom stereocenters. The van der Waals surface area contributed by atoms with Gasteiger partial charge in [-0.05, 0) is 19.1 Å². The maximum atomic E-state index is 11.3. The van der Waals surface area contributed by atoms with Crippen LogP contribution in [0.4, 0.5) is 10.8 Å². The number of rotatable bonds is 5. The molecule has 0 amide bonds. The highest BCUT2D eigenvalue weighted by Gasteiger charge is 2.08. The Kier molecular flexibility index (Phi) is 4.30. The molecule has 4 nitrogen and oxygen atoms in total. The highest BCUT2D eigenvalue weighted by molar-refractivity contribution is 7.13. The molecule has 0 aliphatic rings. The second kappa shape index (κ2) is 6.16. The lowest BCUT2D eigenvalue weighted by molar-refractivity contribution is -0.142. The van der Waals surface area contributed by atoms with Crippen LogP contribution in [0.15, 0.2) is 35.7 Å². The zero-order valence-corrected chi connectivity index (χ0v) is 10.9. The summed E-state index contributed by atoms with van der Waals surface area (Å²) in [6.45, 7) is 2.19. The highest BCUT2D eigenvalue weighted by atomic mass is 32.1. The maximum absolute atomic E-state index is 11.3. The molecule has 0 radical (unpaired) electrons. The van der Waals surface area contributed by atoms with Gasteiger partial charge in [0, 0.05) is 11.1 Å². The first-order valence-corrected chi connectivity index (χ1v) is 6.58. The Morgan fingerprint density at radius 3 is 2.89 bits per heavy atom. The zero-order valence-electron chi connectivity index (χ0n) is 10.1. The molecule has 1 aromatic heterocycles. The molecule has 5 heteroatoms. The van der Waals surface area contributed by atoms with Crippen molar-refractivity contribution >= 4 is 28.1 Å². The SMILES string of the molecule is CCOC(=O)Cc1csc(Nc2ccccc2)n1.